The average Bonchev–Trinajstić information content (AvgIpc) is 3.21. The smallest absolute Gasteiger partial charge is 0.322 e. The Kier molecular flexibility index (Phi) is 4.94. The maximum absolute atomic E-state index is 12.9. The Morgan fingerprint density at radius 2 is 1.89 bits per heavy atom. The molecule has 6 nitrogen and oxygen atoms in total. The van der Waals surface area contributed by atoms with Crippen molar-refractivity contribution in [2.24, 2.45) is 0 Å². The molecule has 146 valence electrons. The van der Waals surface area contributed by atoms with Crippen molar-refractivity contribution in [2.45, 2.75) is 38.8 Å². The number of nitrogens with one attached hydrogen (secondary N) is 1. The van der Waals surface area contributed by atoms with Crippen molar-refractivity contribution in [3.8, 4) is 5.75 Å². The zero-order valence-corrected chi connectivity index (χ0v) is 16.2. The largest absolute Gasteiger partial charge is 0.494 e. The standard InChI is InChI=1S/C22H25N3O3/c1-3-28-19-10-8-18(9-11-19)24-14-17(13-21(24)26)23-22(27)25-15(2)12-16-6-4-5-7-20(16)25/h4-11,15,17H,3,12-14H2,1-2H3,(H,23,27)/t15-,17-/m0/s1. The van der Waals surface area contributed by atoms with Gasteiger partial charge in [-0.15, -0.1) is 0 Å². The Balaban J connectivity index is 1.42. The first-order valence-corrected chi connectivity index (χ1v) is 9.77. The summed E-state index contributed by atoms with van der Waals surface area (Å²) in [6, 6.07) is 15.2. The van der Waals surface area contributed by atoms with Gasteiger partial charge in [0.2, 0.25) is 5.91 Å². The molecule has 0 aromatic heterocycles. The number of para-hydroxylation sites is 1. The Bertz CT molecular complexity index is 881. The van der Waals surface area contributed by atoms with E-state index in [1.165, 1.54) is 5.56 Å². The van der Waals surface area contributed by atoms with E-state index in [4.69, 9.17) is 4.74 Å². The molecule has 0 saturated carbocycles. The first kappa shape index (κ1) is 18.3. The van der Waals surface area contributed by atoms with E-state index in [2.05, 4.69) is 11.4 Å². The van der Waals surface area contributed by atoms with Crippen LogP contribution in [0.15, 0.2) is 48.5 Å². The monoisotopic (exact) mass is 379 g/mol. The van der Waals surface area contributed by atoms with Gasteiger partial charge >= 0.3 is 6.03 Å². The Morgan fingerprint density at radius 1 is 1.14 bits per heavy atom. The van der Waals surface area contributed by atoms with Crippen molar-refractivity contribution in [1.82, 2.24) is 5.32 Å². The first-order valence-electron chi connectivity index (χ1n) is 9.77. The molecule has 2 aliphatic heterocycles. The molecule has 28 heavy (non-hydrogen) atoms. The number of fused-ring (bicyclic) bond motifs is 1. The third-order valence-corrected chi connectivity index (χ3v) is 5.34. The van der Waals surface area contributed by atoms with Crippen LogP contribution < -0.4 is 19.9 Å². The van der Waals surface area contributed by atoms with Crippen LogP contribution in [0, 0.1) is 0 Å². The van der Waals surface area contributed by atoms with E-state index < -0.39 is 0 Å². The van der Waals surface area contributed by atoms with E-state index >= 15 is 0 Å². The number of hydrogen-bond donors (Lipinski definition) is 1. The van der Waals surface area contributed by atoms with Crippen LogP contribution in [0.3, 0.4) is 0 Å². The number of benzene rings is 2. The average molecular weight is 379 g/mol. The molecule has 0 aliphatic carbocycles. The van der Waals surface area contributed by atoms with Crippen LogP contribution in [0.25, 0.3) is 0 Å². The summed E-state index contributed by atoms with van der Waals surface area (Å²) in [4.78, 5) is 28.9. The fraction of sp³-hybridized carbons (Fsp3) is 0.364. The third-order valence-electron chi connectivity index (χ3n) is 5.34. The molecule has 2 heterocycles. The number of carbonyl (C=O) groups is 2. The number of hydrogen-bond acceptors (Lipinski definition) is 3. The molecule has 2 aliphatic rings. The van der Waals surface area contributed by atoms with Crippen LogP contribution in [0.4, 0.5) is 16.2 Å². The fourth-order valence-electron chi connectivity index (χ4n) is 4.06. The van der Waals surface area contributed by atoms with Crippen LogP contribution in [0.5, 0.6) is 5.75 Å². The fourth-order valence-corrected chi connectivity index (χ4v) is 4.06. The molecule has 0 unspecified atom stereocenters. The number of anilines is 2. The summed E-state index contributed by atoms with van der Waals surface area (Å²) >= 11 is 0. The lowest BCUT2D eigenvalue weighted by atomic mass is 10.1. The minimum atomic E-state index is -0.202. The lowest BCUT2D eigenvalue weighted by molar-refractivity contribution is -0.117. The SMILES string of the molecule is CCOc1ccc(N2C[C@@H](NC(=O)N3c4ccccc4C[C@@H]3C)CC2=O)cc1. The van der Waals surface area contributed by atoms with Crippen LogP contribution in [0.2, 0.25) is 0 Å². The molecule has 0 spiro atoms. The summed E-state index contributed by atoms with van der Waals surface area (Å²) in [5, 5.41) is 3.05. The van der Waals surface area contributed by atoms with Gasteiger partial charge in [-0.25, -0.2) is 4.79 Å². The number of ether oxygens (including phenoxy) is 1. The first-order chi connectivity index (χ1) is 13.6. The molecular formula is C22H25N3O3. The normalized spacial score (nSPS) is 21.0. The summed E-state index contributed by atoms with van der Waals surface area (Å²) in [6.45, 7) is 5.06. The molecule has 6 heteroatoms. The zero-order chi connectivity index (χ0) is 19.7. The number of carbonyl (C=O) groups excluding carboxylic acids is 2. The van der Waals surface area contributed by atoms with Crippen molar-refractivity contribution in [1.29, 1.82) is 0 Å². The summed E-state index contributed by atoms with van der Waals surface area (Å²) in [5.74, 6) is 0.800. The highest BCUT2D eigenvalue weighted by molar-refractivity contribution is 5.99. The number of rotatable bonds is 4. The molecule has 2 atom stereocenters. The molecule has 1 fully saturated rings. The predicted octanol–water partition coefficient (Wildman–Crippen LogP) is 3.35. The lowest BCUT2D eigenvalue weighted by Gasteiger charge is -2.25. The van der Waals surface area contributed by atoms with Crippen LogP contribution >= 0.6 is 0 Å². The van der Waals surface area contributed by atoms with Gasteiger partial charge in [0.25, 0.3) is 0 Å². The van der Waals surface area contributed by atoms with E-state index in [1.807, 2.05) is 56.3 Å². The topological polar surface area (TPSA) is 61.9 Å². The Hall–Kier alpha value is -3.02. The second-order valence-corrected chi connectivity index (χ2v) is 7.33. The van der Waals surface area contributed by atoms with E-state index in [1.54, 1.807) is 9.80 Å². The molecule has 1 saturated heterocycles. The van der Waals surface area contributed by atoms with Gasteiger partial charge in [-0.1, -0.05) is 18.2 Å². The maximum Gasteiger partial charge on any atom is 0.322 e. The molecule has 4 rings (SSSR count). The summed E-state index contributed by atoms with van der Waals surface area (Å²) < 4.78 is 5.45. The minimum absolute atomic E-state index is 0.0179. The molecule has 3 amide bonds. The van der Waals surface area contributed by atoms with Gasteiger partial charge in [-0.05, 0) is 56.2 Å². The summed E-state index contributed by atoms with van der Waals surface area (Å²) in [6.07, 6.45) is 1.16. The second-order valence-electron chi connectivity index (χ2n) is 7.33. The Morgan fingerprint density at radius 3 is 2.64 bits per heavy atom. The van der Waals surface area contributed by atoms with Crippen molar-refractivity contribution in [3.05, 3.63) is 54.1 Å². The van der Waals surface area contributed by atoms with Crippen LogP contribution in [0.1, 0.15) is 25.8 Å². The van der Waals surface area contributed by atoms with Crippen LogP contribution in [-0.4, -0.2) is 37.2 Å². The van der Waals surface area contributed by atoms with Crippen molar-refractivity contribution in [2.75, 3.05) is 23.0 Å². The quantitative estimate of drug-likeness (QED) is 0.886. The van der Waals surface area contributed by atoms with Gasteiger partial charge in [0.1, 0.15) is 5.75 Å². The second kappa shape index (κ2) is 7.54. The maximum atomic E-state index is 12.9. The van der Waals surface area contributed by atoms with Gasteiger partial charge in [0.05, 0.1) is 12.6 Å². The molecular weight excluding hydrogens is 354 g/mol. The predicted molar refractivity (Wildman–Crippen MR) is 109 cm³/mol. The van der Waals surface area contributed by atoms with Crippen molar-refractivity contribution >= 4 is 23.3 Å². The van der Waals surface area contributed by atoms with Gasteiger partial charge in [-0.2, -0.15) is 0 Å². The molecule has 1 N–H and O–H groups in total. The summed E-state index contributed by atoms with van der Waals surface area (Å²) in [5.41, 5.74) is 2.97. The van der Waals surface area contributed by atoms with E-state index in [0.29, 0.717) is 19.6 Å². The van der Waals surface area contributed by atoms with Crippen LogP contribution in [-0.2, 0) is 11.2 Å². The van der Waals surface area contributed by atoms with E-state index in [9.17, 15) is 9.59 Å². The molecule has 2 aromatic rings. The van der Waals surface area contributed by atoms with Gasteiger partial charge < -0.3 is 15.0 Å². The minimum Gasteiger partial charge on any atom is -0.494 e. The number of urea groups is 1. The van der Waals surface area contributed by atoms with E-state index in [0.717, 1.165) is 23.5 Å². The highest BCUT2D eigenvalue weighted by atomic mass is 16.5. The van der Waals surface area contributed by atoms with Gasteiger partial charge in [-0.3, -0.25) is 9.69 Å². The van der Waals surface area contributed by atoms with Crippen molar-refractivity contribution < 1.29 is 14.3 Å². The third kappa shape index (κ3) is 3.42. The highest BCUT2D eigenvalue weighted by Crippen LogP contribution is 2.32. The van der Waals surface area contributed by atoms with Gasteiger partial charge in [0, 0.05) is 30.4 Å². The van der Waals surface area contributed by atoms with Gasteiger partial charge in [0.15, 0.2) is 0 Å². The van der Waals surface area contributed by atoms with E-state index in [-0.39, 0.29) is 24.0 Å². The number of amides is 3. The molecule has 0 radical (unpaired) electrons. The zero-order valence-electron chi connectivity index (χ0n) is 16.2. The molecule has 0 bridgehead atoms. The number of nitrogens with zero attached hydrogens (tertiary/aromatic N) is 2. The highest BCUT2D eigenvalue weighted by Gasteiger charge is 2.35. The van der Waals surface area contributed by atoms with Crippen molar-refractivity contribution in [3.63, 3.8) is 0 Å². The lowest BCUT2D eigenvalue weighted by Crippen LogP contribution is -2.48. The molecule has 2 aromatic carbocycles. The Labute approximate surface area is 165 Å². The summed E-state index contributed by atoms with van der Waals surface area (Å²) in [7, 11) is 0.